The van der Waals surface area contributed by atoms with Crippen LogP contribution in [0, 0.1) is 0 Å². The zero-order valence-electron chi connectivity index (χ0n) is 12.2. The minimum absolute atomic E-state index is 0.497. The number of fused-ring (bicyclic) bond motifs is 3. The number of nitrogens with zero attached hydrogens (tertiary/aromatic N) is 4. The van der Waals surface area contributed by atoms with Crippen LogP contribution in [-0.4, -0.2) is 12.6 Å². The molecule has 2 aliphatic rings. The molecule has 2 aromatic rings. The maximum atomic E-state index is 5.99. The second kappa shape index (κ2) is 4.56. The highest BCUT2D eigenvalue weighted by Gasteiger charge is 2.38. The van der Waals surface area contributed by atoms with Crippen LogP contribution in [0.2, 0.25) is 0 Å². The maximum absolute atomic E-state index is 5.99. The Labute approximate surface area is 128 Å². The number of nitrogens with one attached hydrogen (secondary N) is 1. The monoisotopic (exact) mass is 292 g/mol. The third-order valence-corrected chi connectivity index (χ3v) is 3.93. The molecule has 0 aromatic heterocycles. The van der Waals surface area contributed by atoms with Gasteiger partial charge in [0.25, 0.3) is 0 Å². The lowest BCUT2D eigenvalue weighted by Crippen LogP contribution is -2.41. The van der Waals surface area contributed by atoms with E-state index in [1.54, 1.807) is 0 Å². The SMILES string of the molecule is CC1(Nc2ccccc2)N=C2N=NCN2c2ccc(N)cc21. The van der Waals surface area contributed by atoms with Gasteiger partial charge in [0.05, 0.1) is 5.69 Å². The van der Waals surface area contributed by atoms with Crippen molar-refractivity contribution < 1.29 is 0 Å². The summed E-state index contributed by atoms with van der Waals surface area (Å²) in [6.45, 7) is 2.52. The van der Waals surface area contributed by atoms with E-state index in [1.807, 2.05) is 60.4 Å². The van der Waals surface area contributed by atoms with Gasteiger partial charge in [-0.3, -0.25) is 4.90 Å². The van der Waals surface area contributed by atoms with E-state index in [0.29, 0.717) is 18.3 Å². The van der Waals surface area contributed by atoms with Crippen molar-refractivity contribution in [2.75, 3.05) is 22.6 Å². The standard InChI is InChI=1S/C16H16N6/c1-16(19-12-5-3-2-4-6-12)13-9-11(17)7-8-14(13)22-10-18-21-15(22)20-16/h2-9,19H,10,17H2,1H3. The summed E-state index contributed by atoms with van der Waals surface area (Å²) >= 11 is 0. The normalized spacial score (nSPS) is 22.0. The van der Waals surface area contributed by atoms with E-state index in [2.05, 4.69) is 15.5 Å². The maximum Gasteiger partial charge on any atom is 0.249 e. The van der Waals surface area contributed by atoms with Gasteiger partial charge >= 0.3 is 0 Å². The van der Waals surface area contributed by atoms with E-state index in [9.17, 15) is 0 Å². The zero-order chi connectivity index (χ0) is 15.2. The van der Waals surface area contributed by atoms with Crippen LogP contribution >= 0.6 is 0 Å². The largest absolute Gasteiger partial charge is 0.399 e. The van der Waals surface area contributed by atoms with Gasteiger partial charge in [0.1, 0.15) is 6.67 Å². The first kappa shape index (κ1) is 12.8. The van der Waals surface area contributed by atoms with Gasteiger partial charge < -0.3 is 11.1 Å². The third kappa shape index (κ3) is 1.92. The molecule has 2 aliphatic heterocycles. The van der Waals surface area contributed by atoms with Gasteiger partial charge in [-0.25, -0.2) is 4.99 Å². The van der Waals surface area contributed by atoms with E-state index < -0.39 is 5.66 Å². The van der Waals surface area contributed by atoms with E-state index in [0.717, 1.165) is 16.9 Å². The lowest BCUT2D eigenvalue weighted by atomic mass is 9.96. The van der Waals surface area contributed by atoms with Crippen LogP contribution in [0.1, 0.15) is 12.5 Å². The molecule has 2 aromatic carbocycles. The minimum Gasteiger partial charge on any atom is -0.399 e. The molecule has 4 rings (SSSR count). The van der Waals surface area contributed by atoms with Gasteiger partial charge in [0, 0.05) is 16.9 Å². The van der Waals surface area contributed by atoms with Gasteiger partial charge in [-0.2, -0.15) is 5.11 Å². The molecule has 110 valence electrons. The summed E-state index contributed by atoms with van der Waals surface area (Å²) in [6, 6.07) is 15.8. The molecule has 0 bridgehead atoms. The summed E-state index contributed by atoms with van der Waals surface area (Å²) in [5.74, 6) is 0.628. The van der Waals surface area contributed by atoms with Gasteiger partial charge in [-0.15, -0.1) is 5.11 Å². The molecule has 1 atom stereocenters. The van der Waals surface area contributed by atoms with Crippen molar-refractivity contribution in [3.63, 3.8) is 0 Å². The second-order valence-corrected chi connectivity index (χ2v) is 5.56. The first-order chi connectivity index (χ1) is 10.7. The van der Waals surface area contributed by atoms with Crippen LogP contribution in [0.25, 0.3) is 0 Å². The van der Waals surface area contributed by atoms with Gasteiger partial charge in [0.2, 0.25) is 5.96 Å². The molecular weight excluding hydrogens is 276 g/mol. The topological polar surface area (TPSA) is 78.4 Å². The highest BCUT2D eigenvalue weighted by Crippen LogP contribution is 2.41. The number of nitrogen functional groups attached to an aromatic ring is 1. The Morgan fingerprint density at radius 3 is 2.82 bits per heavy atom. The van der Waals surface area contributed by atoms with Crippen LogP contribution < -0.4 is 16.0 Å². The molecule has 0 radical (unpaired) electrons. The average Bonchev–Trinajstić information content (AvgIpc) is 2.96. The van der Waals surface area contributed by atoms with Crippen LogP contribution in [-0.2, 0) is 5.66 Å². The highest BCUT2D eigenvalue weighted by atomic mass is 15.5. The number of rotatable bonds is 2. The molecule has 0 saturated carbocycles. The summed E-state index contributed by atoms with van der Waals surface area (Å²) in [7, 11) is 0. The van der Waals surface area contributed by atoms with Gasteiger partial charge in [0.15, 0.2) is 5.66 Å². The van der Waals surface area contributed by atoms with Crippen LogP contribution in [0.4, 0.5) is 17.1 Å². The van der Waals surface area contributed by atoms with Crippen molar-refractivity contribution in [1.82, 2.24) is 0 Å². The lowest BCUT2D eigenvalue weighted by Gasteiger charge is -2.36. The summed E-state index contributed by atoms with van der Waals surface area (Å²) in [4.78, 5) is 6.76. The van der Waals surface area contributed by atoms with Crippen molar-refractivity contribution in [2.45, 2.75) is 12.6 Å². The van der Waals surface area contributed by atoms with Gasteiger partial charge in [-0.05, 0) is 37.3 Å². The quantitative estimate of drug-likeness (QED) is 0.834. The fourth-order valence-corrected chi connectivity index (χ4v) is 2.88. The Morgan fingerprint density at radius 2 is 2.00 bits per heavy atom. The predicted molar refractivity (Wildman–Crippen MR) is 87.9 cm³/mol. The van der Waals surface area contributed by atoms with Crippen molar-refractivity contribution in [3.05, 3.63) is 54.1 Å². The molecule has 0 saturated heterocycles. The fraction of sp³-hybridized carbons (Fsp3) is 0.188. The Kier molecular flexibility index (Phi) is 2.66. The molecule has 22 heavy (non-hydrogen) atoms. The Bertz CT molecular complexity index is 782. The molecular formula is C16H16N6. The van der Waals surface area contributed by atoms with Crippen molar-refractivity contribution in [2.24, 2.45) is 15.2 Å². The minimum atomic E-state index is -0.638. The van der Waals surface area contributed by atoms with Crippen LogP contribution in [0.15, 0.2) is 63.8 Å². The zero-order valence-corrected chi connectivity index (χ0v) is 12.2. The molecule has 0 amide bonds. The number of hydrogen-bond acceptors (Lipinski definition) is 6. The van der Waals surface area contributed by atoms with E-state index >= 15 is 0 Å². The second-order valence-electron chi connectivity index (χ2n) is 5.56. The van der Waals surface area contributed by atoms with Gasteiger partial charge in [-0.1, -0.05) is 18.2 Å². The smallest absolute Gasteiger partial charge is 0.249 e. The molecule has 6 nitrogen and oxygen atoms in total. The summed E-state index contributed by atoms with van der Waals surface area (Å²) in [6.07, 6.45) is 0. The number of benzene rings is 2. The predicted octanol–water partition coefficient (Wildman–Crippen LogP) is 3.15. The third-order valence-electron chi connectivity index (χ3n) is 3.93. The number of hydrogen-bond donors (Lipinski definition) is 2. The van der Waals surface area contributed by atoms with E-state index in [-0.39, 0.29) is 0 Å². The Morgan fingerprint density at radius 1 is 1.18 bits per heavy atom. The Balaban J connectivity index is 1.85. The molecule has 0 fully saturated rings. The molecule has 6 heteroatoms. The number of azo groups is 1. The number of nitrogens with two attached hydrogens (primary N) is 1. The van der Waals surface area contributed by atoms with Crippen molar-refractivity contribution >= 4 is 23.0 Å². The Hall–Kier alpha value is -2.89. The van der Waals surface area contributed by atoms with E-state index in [4.69, 9.17) is 10.7 Å². The van der Waals surface area contributed by atoms with E-state index in [1.165, 1.54) is 0 Å². The number of anilines is 3. The number of guanidine groups is 1. The molecule has 3 N–H and O–H groups in total. The number of para-hydroxylation sites is 1. The summed E-state index contributed by atoms with van der Waals surface area (Å²) in [5.41, 5.74) is 9.12. The van der Waals surface area contributed by atoms with Crippen LogP contribution in [0.5, 0.6) is 0 Å². The first-order valence-electron chi connectivity index (χ1n) is 7.14. The number of aliphatic imine (C=N–C) groups is 1. The first-order valence-corrected chi connectivity index (χ1v) is 7.14. The molecule has 0 spiro atoms. The fourth-order valence-electron chi connectivity index (χ4n) is 2.88. The van der Waals surface area contributed by atoms with Crippen molar-refractivity contribution in [1.29, 1.82) is 0 Å². The van der Waals surface area contributed by atoms with Crippen molar-refractivity contribution in [3.8, 4) is 0 Å². The molecule has 2 heterocycles. The highest BCUT2D eigenvalue weighted by molar-refractivity contribution is 6.01. The summed E-state index contributed by atoms with van der Waals surface area (Å²) in [5, 5.41) is 11.7. The lowest BCUT2D eigenvalue weighted by molar-refractivity contribution is 0.567. The molecule has 0 aliphatic carbocycles. The van der Waals surface area contributed by atoms with Crippen LogP contribution in [0.3, 0.4) is 0 Å². The molecule has 1 unspecified atom stereocenters. The average molecular weight is 292 g/mol. The summed E-state index contributed by atoms with van der Waals surface area (Å²) < 4.78 is 0.